The zero-order valence-electron chi connectivity index (χ0n) is 12.6. The first-order valence-corrected chi connectivity index (χ1v) is 6.99. The molecule has 0 radical (unpaired) electrons. The normalized spacial score (nSPS) is 10.9. The maximum absolute atomic E-state index is 11.9. The lowest BCUT2D eigenvalue weighted by Gasteiger charge is -2.09. The molecule has 0 fully saturated rings. The lowest BCUT2D eigenvalue weighted by Crippen LogP contribution is -2.24. The molecule has 0 unspecified atom stereocenters. The van der Waals surface area contributed by atoms with Gasteiger partial charge in [0.25, 0.3) is 0 Å². The van der Waals surface area contributed by atoms with E-state index < -0.39 is 5.97 Å². The molecule has 1 N–H and O–H groups in total. The second-order valence-electron chi connectivity index (χ2n) is 4.53. The predicted molar refractivity (Wildman–Crippen MR) is 85.9 cm³/mol. The van der Waals surface area contributed by atoms with E-state index in [9.17, 15) is 4.79 Å². The van der Waals surface area contributed by atoms with Crippen molar-refractivity contribution in [2.45, 2.75) is 13.8 Å². The van der Waals surface area contributed by atoms with E-state index in [4.69, 9.17) is 9.47 Å². The summed E-state index contributed by atoms with van der Waals surface area (Å²) in [6.45, 7) is 3.95. The molecule has 2 rings (SSSR count). The summed E-state index contributed by atoms with van der Waals surface area (Å²) < 4.78 is 10.5. The summed E-state index contributed by atoms with van der Waals surface area (Å²) in [7, 11) is 0. The number of carbonyl (C=O) groups is 1. The van der Waals surface area contributed by atoms with Crippen LogP contribution in [0.4, 0.5) is 5.69 Å². The zero-order chi connectivity index (χ0) is 15.8. The molecule has 22 heavy (non-hydrogen) atoms. The van der Waals surface area contributed by atoms with Gasteiger partial charge in [-0.05, 0) is 38.1 Å². The molecule has 2 aromatic rings. The Morgan fingerprint density at radius 1 is 1.09 bits per heavy atom. The fourth-order valence-corrected chi connectivity index (χ4v) is 1.65. The summed E-state index contributed by atoms with van der Waals surface area (Å²) in [6.07, 6.45) is 0. The van der Waals surface area contributed by atoms with Crippen molar-refractivity contribution in [2.24, 2.45) is 5.10 Å². The van der Waals surface area contributed by atoms with Gasteiger partial charge in [-0.3, -0.25) is 5.43 Å². The van der Waals surface area contributed by atoms with Gasteiger partial charge in [0, 0.05) is 0 Å². The molecule has 5 nitrogen and oxygen atoms in total. The van der Waals surface area contributed by atoms with E-state index in [1.165, 1.54) is 0 Å². The van der Waals surface area contributed by atoms with Crippen molar-refractivity contribution >= 4 is 17.6 Å². The number of esters is 1. The van der Waals surface area contributed by atoms with Crippen molar-refractivity contribution in [1.29, 1.82) is 0 Å². The molecule has 0 aromatic heterocycles. The van der Waals surface area contributed by atoms with Crippen LogP contribution in [0, 0.1) is 6.92 Å². The highest BCUT2D eigenvalue weighted by molar-refractivity contribution is 6.33. The monoisotopic (exact) mass is 298 g/mol. The van der Waals surface area contributed by atoms with Crippen LogP contribution in [0.5, 0.6) is 5.75 Å². The van der Waals surface area contributed by atoms with Crippen molar-refractivity contribution < 1.29 is 14.3 Å². The maximum atomic E-state index is 11.9. The van der Waals surface area contributed by atoms with Gasteiger partial charge in [0.2, 0.25) is 0 Å². The molecule has 0 aliphatic carbocycles. The Balaban J connectivity index is 2.15. The molecule has 0 atom stereocenters. The number of para-hydroxylation sites is 1. The molecule has 114 valence electrons. The molecule has 0 bridgehead atoms. The highest BCUT2D eigenvalue weighted by atomic mass is 16.6. The smallest absolute Gasteiger partial charge is 0.396 e. The van der Waals surface area contributed by atoms with Crippen LogP contribution in [0.25, 0.3) is 0 Å². The minimum Gasteiger partial charge on any atom is -0.459 e. The summed E-state index contributed by atoms with van der Waals surface area (Å²) in [5, 5.41) is 4.00. The van der Waals surface area contributed by atoms with Crippen LogP contribution in [0.15, 0.2) is 59.7 Å². The Morgan fingerprint density at radius 3 is 2.41 bits per heavy atom. The highest BCUT2D eigenvalue weighted by Crippen LogP contribution is 2.13. The van der Waals surface area contributed by atoms with Crippen molar-refractivity contribution in [3.05, 3.63) is 60.2 Å². The second-order valence-corrected chi connectivity index (χ2v) is 4.53. The van der Waals surface area contributed by atoms with E-state index in [-0.39, 0.29) is 12.5 Å². The van der Waals surface area contributed by atoms with Gasteiger partial charge < -0.3 is 9.47 Å². The molecule has 0 aliphatic rings. The minimum atomic E-state index is -0.619. The summed E-state index contributed by atoms with van der Waals surface area (Å²) >= 11 is 0. The number of nitrogens with zero attached hydrogens (tertiary/aromatic N) is 1. The largest absolute Gasteiger partial charge is 0.459 e. The van der Waals surface area contributed by atoms with Gasteiger partial charge in [-0.1, -0.05) is 35.9 Å². The van der Waals surface area contributed by atoms with Crippen LogP contribution in [-0.4, -0.2) is 18.5 Å². The third kappa shape index (κ3) is 4.63. The third-order valence-corrected chi connectivity index (χ3v) is 2.75. The molecule has 0 spiro atoms. The minimum absolute atomic E-state index is 0.144. The summed E-state index contributed by atoms with van der Waals surface area (Å²) in [4.78, 5) is 11.9. The number of benzene rings is 2. The molecule has 2 aromatic carbocycles. The van der Waals surface area contributed by atoms with Gasteiger partial charge in [0.1, 0.15) is 5.75 Å². The Kier molecular flexibility index (Phi) is 5.54. The first-order chi connectivity index (χ1) is 10.7. The number of hydrogen-bond donors (Lipinski definition) is 1. The zero-order valence-corrected chi connectivity index (χ0v) is 12.6. The first-order valence-electron chi connectivity index (χ1n) is 6.99. The van der Waals surface area contributed by atoms with Gasteiger partial charge in [-0.15, -0.1) is 5.10 Å². The van der Waals surface area contributed by atoms with E-state index in [1.54, 1.807) is 19.1 Å². The number of carbonyl (C=O) groups excluding carboxylic acids is 1. The van der Waals surface area contributed by atoms with E-state index >= 15 is 0 Å². The lowest BCUT2D eigenvalue weighted by atomic mass is 10.2. The van der Waals surface area contributed by atoms with Crippen molar-refractivity contribution in [2.75, 3.05) is 12.0 Å². The van der Waals surface area contributed by atoms with Crippen LogP contribution < -0.4 is 10.2 Å². The van der Waals surface area contributed by atoms with E-state index in [1.807, 2.05) is 49.4 Å². The fraction of sp³-hybridized carbons (Fsp3) is 0.176. The van der Waals surface area contributed by atoms with Gasteiger partial charge in [-0.25, -0.2) is 4.79 Å². The molecule has 0 saturated carbocycles. The maximum Gasteiger partial charge on any atom is 0.396 e. The first kappa shape index (κ1) is 15.6. The Hall–Kier alpha value is -2.82. The predicted octanol–water partition coefficient (Wildman–Crippen LogP) is 3.36. The summed E-state index contributed by atoms with van der Waals surface area (Å²) in [5.41, 5.74) is 4.63. The number of rotatable bonds is 4. The second kappa shape index (κ2) is 7.83. The number of aryl methyl sites for hydroxylation is 1. The van der Waals surface area contributed by atoms with Crippen LogP contribution in [-0.2, 0) is 9.53 Å². The number of nitrogens with one attached hydrogen (secondary N) is 1. The molecular formula is C17H18N2O3. The Labute approximate surface area is 129 Å². The number of hydrazone groups is 1. The number of hydrogen-bond acceptors (Lipinski definition) is 5. The molecule has 0 aliphatic heterocycles. The lowest BCUT2D eigenvalue weighted by molar-refractivity contribution is -0.136. The average Bonchev–Trinajstić information content (AvgIpc) is 2.54. The number of ether oxygens (including phenoxy) is 2. The third-order valence-electron chi connectivity index (χ3n) is 2.75. The topological polar surface area (TPSA) is 59.9 Å². The quantitative estimate of drug-likeness (QED) is 0.407. The fourth-order valence-electron chi connectivity index (χ4n) is 1.65. The van der Waals surface area contributed by atoms with Gasteiger partial charge in [-0.2, -0.15) is 0 Å². The van der Waals surface area contributed by atoms with Crippen LogP contribution >= 0.6 is 0 Å². The van der Waals surface area contributed by atoms with E-state index in [0.717, 1.165) is 11.3 Å². The van der Waals surface area contributed by atoms with Crippen molar-refractivity contribution in [3.63, 3.8) is 0 Å². The van der Waals surface area contributed by atoms with E-state index in [0.29, 0.717) is 5.75 Å². The molecule has 0 amide bonds. The average molecular weight is 298 g/mol. The van der Waals surface area contributed by atoms with Gasteiger partial charge in [0.15, 0.2) is 0 Å². The van der Waals surface area contributed by atoms with Crippen molar-refractivity contribution in [3.8, 4) is 5.75 Å². The van der Waals surface area contributed by atoms with E-state index in [2.05, 4.69) is 10.5 Å². The van der Waals surface area contributed by atoms with Crippen LogP contribution in [0.2, 0.25) is 0 Å². The van der Waals surface area contributed by atoms with Crippen LogP contribution in [0.1, 0.15) is 12.5 Å². The standard InChI is InChI=1S/C17H18N2O3/c1-3-21-17(20)16(19-18-14-7-5-4-6-8-14)22-15-11-9-13(2)10-12-15/h4-12,18H,3H2,1-2H3/b19-16+. The van der Waals surface area contributed by atoms with Crippen molar-refractivity contribution in [1.82, 2.24) is 0 Å². The Morgan fingerprint density at radius 2 is 1.77 bits per heavy atom. The molecular weight excluding hydrogens is 280 g/mol. The molecule has 0 saturated heterocycles. The van der Waals surface area contributed by atoms with Crippen LogP contribution in [0.3, 0.4) is 0 Å². The molecule has 5 heteroatoms. The van der Waals surface area contributed by atoms with Gasteiger partial charge >= 0.3 is 11.9 Å². The van der Waals surface area contributed by atoms with Gasteiger partial charge in [0.05, 0.1) is 12.3 Å². The molecule has 0 heterocycles. The Bertz CT molecular complexity index is 637. The summed E-state index contributed by atoms with van der Waals surface area (Å²) in [6, 6.07) is 16.6. The highest BCUT2D eigenvalue weighted by Gasteiger charge is 2.16. The summed E-state index contributed by atoms with van der Waals surface area (Å²) in [5.74, 6) is -0.242. The SMILES string of the molecule is CCOC(=O)/C(=N\Nc1ccccc1)Oc1ccc(C)cc1. The number of anilines is 1.